The molecule has 3 rings (SSSR count). The predicted molar refractivity (Wildman–Crippen MR) is 103 cm³/mol. The summed E-state index contributed by atoms with van der Waals surface area (Å²) < 4.78 is 5.72. The van der Waals surface area contributed by atoms with Crippen molar-refractivity contribution < 1.29 is 9.53 Å². The molecular formula is C19H27N3O2S. The molecule has 1 aliphatic heterocycles. The van der Waals surface area contributed by atoms with Gasteiger partial charge in [0.1, 0.15) is 5.75 Å². The van der Waals surface area contributed by atoms with Gasteiger partial charge in [0.2, 0.25) is 5.91 Å². The van der Waals surface area contributed by atoms with Gasteiger partial charge in [-0.1, -0.05) is 18.2 Å². The predicted octanol–water partition coefficient (Wildman–Crippen LogP) is 2.59. The molecule has 136 valence electrons. The fourth-order valence-electron chi connectivity index (χ4n) is 3.38. The Morgan fingerprint density at radius 2 is 2.08 bits per heavy atom. The van der Waals surface area contributed by atoms with Crippen molar-refractivity contribution in [1.29, 1.82) is 0 Å². The van der Waals surface area contributed by atoms with E-state index in [-0.39, 0.29) is 11.9 Å². The van der Waals surface area contributed by atoms with Crippen LogP contribution in [0.25, 0.3) is 0 Å². The minimum absolute atomic E-state index is 0.111. The number of rotatable bonds is 7. The van der Waals surface area contributed by atoms with E-state index in [1.165, 1.54) is 0 Å². The molecule has 25 heavy (non-hydrogen) atoms. The Labute approximate surface area is 155 Å². The highest BCUT2D eigenvalue weighted by Crippen LogP contribution is 2.31. The minimum atomic E-state index is 0.111. The summed E-state index contributed by atoms with van der Waals surface area (Å²) >= 11 is 5.23. The fourth-order valence-corrected chi connectivity index (χ4v) is 3.75. The van der Waals surface area contributed by atoms with Crippen LogP contribution in [0.1, 0.15) is 45.1 Å². The lowest BCUT2D eigenvalue weighted by Crippen LogP contribution is -2.54. The van der Waals surface area contributed by atoms with Gasteiger partial charge in [-0.15, -0.1) is 0 Å². The van der Waals surface area contributed by atoms with Crippen LogP contribution in [0.2, 0.25) is 0 Å². The topological polar surface area (TPSA) is 53.6 Å². The molecule has 1 amide bonds. The third kappa shape index (κ3) is 4.84. The highest BCUT2D eigenvalue weighted by atomic mass is 32.1. The van der Waals surface area contributed by atoms with Gasteiger partial charge in [-0.3, -0.25) is 4.79 Å². The van der Waals surface area contributed by atoms with Crippen LogP contribution >= 0.6 is 12.2 Å². The summed E-state index contributed by atoms with van der Waals surface area (Å²) in [7, 11) is 0. The molecule has 0 spiro atoms. The maximum Gasteiger partial charge on any atom is 0.225 e. The van der Waals surface area contributed by atoms with Crippen molar-refractivity contribution in [2.75, 3.05) is 6.61 Å². The fraction of sp³-hybridized carbons (Fsp3) is 0.579. The Morgan fingerprint density at radius 3 is 2.76 bits per heavy atom. The van der Waals surface area contributed by atoms with Crippen LogP contribution in [0, 0.1) is 0 Å². The summed E-state index contributed by atoms with van der Waals surface area (Å²) in [4.78, 5) is 15.0. The molecule has 0 unspecified atom stereocenters. The zero-order valence-corrected chi connectivity index (χ0v) is 15.8. The summed E-state index contributed by atoms with van der Waals surface area (Å²) in [6.07, 6.45) is 3.58. The minimum Gasteiger partial charge on any atom is -0.494 e. The van der Waals surface area contributed by atoms with Crippen LogP contribution in [0.3, 0.4) is 0 Å². The van der Waals surface area contributed by atoms with Crippen LogP contribution < -0.4 is 15.4 Å². The summed E-state index contributed by atoms with van der Waals surface area (Å²) in [6, 6.07) is 8.78. The monoisotopic (exact) mass is 361 g/mol. The van der Waals surface area contributed by atoms with Crippen LogP contribution in [-0.4, -0.2) is 40.7 Å². The van der Waals surface area contributed by atoms with Crippen molar-refractivity contribution in [3.8, 4) is 5.75 Å². The van der Waals surface area contributed by atoms with E-state index in [0.29, 0.717) is 36.8 Å². The van der Waals surface area contributed by atoms with Crippen molar-refractivity contribution in [2.45, 2.75) is 64.2 Å². The molecule has 1 aromatic rings. The molecule has 2 fully saturated rings. The number of carbonyl (C=O) groups is 1. The number of para-hydroxylation sites is 1. The smallest absolute Gasteiger partial charge is 0.225 e. The summed E-state index contributed by atoms with van der Waals surface area (Å²) in [6.45, 7) is 5.32. The average Bonchev–Trinajstić information content (AvgIpc) is 3.38. The highest BCUT2D eigenvalue weighted by molar-refractivity contribution is 7.80. The van der Waals surface area contributed by atoms with Crippen LogP contribution in [0.5, 0.6) is 5.75 Å². The molecule has 5 nitrogen and oxygen atoms in total. The molecule has 0 bridgehead atoms. The Bertz CT molecular complexity index is 633. The Morgan fingerprint density at radius 1 is 1.32 bits per heavy atom. The van der Waals surface area contributed by atoms with Crippen LogP contribution in [0.4, 0.5) is 0 Å². The largest absolute Gasteiger partial charge is 0.494 e. The van der Waals surface area contributed by atoms with Crippen molar-refractivity contribution in [3.63, 3.8) is 0 Å². The molecule has 6 heteroatoms. The molecular weight excluding hydrogens is 334 g/mol. The first-order valence-corrected chi connectivity index (χ1v) is 9.54. The number of benzene rings is 1. The van der Waals surface area contributed by atoms with Crippen molar-refractivity contribution in [3.05, 3.63) is 29.8 Å². The second-order valence-electron chi connectivity index (χ2n) is 6.95. The highest BCUT2D eigenvalue weighted by Gasteiger charge is 2.34. The van der Waals surface area contributed by atoms with Crippen molar-refractivity contribution in [2.24, 2.45) is 0 Å². The van der Waals surface area contributed by atoms with E-state index in [2.05, 4.69) is 17.6 Å². The average molecular weight is 362 g/mol. The maximum absolute atomic E-state index is 13.0. The van der Waals surface area contributed by atoms with E-state index < -0.39 is 0 Å². The zero-order chi connectivity index (χ0) is 17.8. The number of hydrogen-bond donors (Lipinski definition) is 2. The van der Waals surface area contributed by atoms with Crippen LogP contribution in [-0.2, 0) is 11.3 Å². The molecule has 1 saturated heterocycles. The Balaban J connectivity index is 1.67. The van der Waals surface area contributed by atoms with Crippen LogP contribution in [0.15, 0.2) is 24.3 Å². The summed E-state index contributed by atoms with van der Waals surface area (Å²) in [5, 5.41) is 7.07. The molecule has 0 radical (unpaired) electrons. The molecule has 2 N–H and O–H groups in total. The number of hydrogen-bond acceptors (Lipinski definition) is 3. The van der Waals surface area contributed by atoms with Crippen molar-refractivity contribution >= 4 is 23.2 Å². The molecule has 2 atom stereocenters. The van der Waals surface area contributed by atoms with Gasteiger partial charge in [0.05, 0.1) is 6.61 Å². The van der Waals surface area contributed by atoms with E-state index in [1.54, 1.807) is 0 Å². The van der Waals surface area contributed by atoms with Crippen molar-refractivity contribution in [1.82, 2.24) is 15.5 Å². The third-order valence-corrected chi connectivity index (χ3v) is 4.93. The summed E-state index contributed by atoms with van der Waals surface area (Å²) in [5.41, 5.74) is 1.08. The molecule has 1 aromatic carbocycles. The maximum atomic E-state index is 13.0. The quantitative estimate of drug-likeness (QED) is 0.731. The van der Waals surface area contributed by atoms with E-state index in [0.717, 1.165) is 30.6 Å². The molecule has 0 aromatic heterocycles. The lowest BCUT2D eigenvalue weighted by atomic mass is 10.0. The molecule has 2 aliphatic rings. The zero-order valence-electron chi connectivity index (χ0n) is 15.0. The van der Waals surface area contributed by atoms with Gasteiger partial charge >= 0.3 is 0 Å². The number of ether oxygens (including phenoxy) is 1. The standard InChI is InChI=1S/C19H27N3O2S/c1-3-24-17-7-5-4-6-14(17)12-22(16-8-9-16)18(23)11-15-10-13(2)20-19(25)21-15/h4-7,13,15-16H,3,8-12H2,1-2H3,(H2,20,21,25)/t13-,15+/m1/s1. The van der Waals surface area contributed by atoms with Gasteiger partial charge in [0.15, 0.2) is 5.11 Å². The first-order chi connectivity index (χ1) is 12.1. The van der Waals surface area contributed by atoms with E-state index in [1.807, 2.05) is 36.1 Å². The van der Waals surface area contributed by atoms with Gasteiger partial charge in [-0.2, -0.15) is 0 Å². The van der Waals surface area contributed by atoms with E-state index in [9.17, 15) is 4.79 Å². The number of nitrogens with one attached hydrogen (secondary N) is 2. The Hall–Kier alpha value is -1.82. The SMILES string of the molecule is CCOc1ccccc1CN(C(=O)C[C@@H]1C[C@@H](C)NC(=S)N1)C1CC1. The number of nitrogens with zero attached hydrogens (tertiary/aromatic N) is 1. The van der Waals surface area contributed by atoms with Gasteiger partial charge in [-0.05, 0) is 51.4 Å². The first kappa shape index (κ1) is 18.0. The number of amides is 1. The van der Waals surface area contributed by atoms with Gasteiger partial charge < -0.3 is 20.3 Å². The van der Waals surface area contributed by atoms with Gasteiger partial charge in [0.25, 0.3) is 0 Å². The first-order valence-electron chi connectivity index (χ1n) is 9.14. The third-order valence-electron chi connectivity index (χ3n) is 4.69. The second-order valence-corrected chi connectivity index (χ2v) is 7.36. The van der Waals surface area contributed by atoms with Gasteiger partial charge in [0, 0.05) is 36.7 Å². The Kier molecular flexibility index (Phi) is 5.78. The lowest BCUT2D eigenvalue weighted by Gasteiger charge is -2.32. The number of thiocarbonyl (C=S) groups is 1. The van der Waals surface area contributed by atoms with E-state index in [4.69, 9.17) is 17.0 Å². The van der Waals surface area contributed by atoms with E-state index >= 15 is 0 Å². The van der Waals surface area contributed by atoms with Gasteiger partial charge in [-0.25, -0.2) is 0 Å². The molecule has 1 saturated carbocycles. The normalized spacial score (nSPS) is 22.7. The number of carbonyl (C=O) groups excluding carboxylic acids is 1. The molecule has 1 heterocycles. The second kappa shape index (κ2) is 8.04. The lowest BCUT2D eigenvalue weighted by molar-refractivity contribution is -0.133. The summed E-state index contributed by atoms with van der Waals surface area (Å²) in [5.74, 6) is 1.07. The molecule has 1 aliphatic carbocycles.